The van der Waals surface area contributed by atoms with Crippen LogP contribution >= 0.6 is 0 Å². The predicted molar refractivity (Wildman–Crippen MR) is 100 cm³/mol. The second-order valence-corrected chi connectivity index (χ2v) is 9.42. The number of esters is 1. The first-order valence-electron chi connectivity index (χ1n) is 9.80. The molecular weight excluding hydrogens is 328 g/mol. The number of aliphatic carboxylic acids is 1. The summed E-state index contributed by atoms with van der Waals surface area (Å²) < 4.78 is 5.72. The maximum absolute atomic E-state index is 12.1. The molecule has 3 rings (SSSR count). The Bertz CT molecular complexity index is 665. The molecule has 26 heavy (non-hydrogen) atoms. The van der Waals surface area contributed by atoms with Gasteiger partial charge in [0.2, 0.25) is 0 Å². The number of carboxylic acid groups (broad SMARTS) is 1. The average molecular weight is 360 g/mol. The second-order valence-electron chi connectivity index (χ2n) is 9.42. The summed E-state index contributed by atoms with van der Waals surface area (Å²) >= 11 is 0. The van der Waals surface area contributed by atoms with Crippen molar-refractivity contribution in [2.75, 3.05) is 0 Å². The van der Waals surface area contributed by atoms with E-state index < -0.39 is 11.4 Å². The lowest BCUT2D eigenvalue weighted by atomic mass is 9.45. The average Bonchev–Trinajstić information content (AvgIpc) is 2.55. The Morgan fingerprint density at radius 2 is 2.00 bits per heavy atom. The molecule has 1 N–H and O–H groups in total. The smallest absolute Gasteiger partial charge is 0.309 e. The van der Waals surface area contributed by atoms with Crippen LogP contribution in [0.2, 0.25) is 0 Å². The van der Waals surface area contributed by atoms with E-state index in [1.165, 1.54) is 12.5 Å². The summed E-state index contributed by atoms with van der Waals surface area (Å²) in [6, 6.07) is 0. The van der Waals surface area contributed by atoms with Crippen molar-refractivity contribution in [3.8, 4) is 0 Å². The zero-order valence-electron chi connectivity index (χ0n) is 16.5. The van der Waals surface area contributed by atoms with Gasteiger partial charge < -0.3 is 9.84 Å². The molecule has 0 aliphatic heterocycles. The van der Waals surface area contributed by atoms with Crippen molar-refractivity contribution in [2.45, 2.75) is 72.3 Å². The van der Waals surface area contributed by atoms with Gasteiger partial charge in [-0.15, -0.1) is 6.58 Å². The Morgan fingerprint density at radius 1 is 1.31 bits per heavy atom. The van der Waals surface area contributed by atoms with Gasteiger partial charge in [0.15, 0.2) is 0 Å². The molecule has 0 heterocycles. The summed E-state index contributed by atoms with van der Waals surface area (Å²) in [6.07, 6.45) is 9.17. The highest BCUT2D eigenvalue weighted by atomic mass is 16.5. The second kappa shape index (κ2) is 6.24. The first-order chi connectivity index (χ1) is 12.1. The van der Waals surface area contributed by atoms with Crippen molar-refractivity contribution < 1.29 is 19.4 Å². The molecule has 0 bridgehead atoms. The first-order valence-corrected chi connectivity index (χ1v) is 9.80. The molecule has 0 saturated heterocycles. The standard InChI is InChI=1S/C22H32O4/c1-6-20(3)13-15-8-9-17-21(4,10-7-11-22(17,5)19(24)25)16(15)12-18(20)26-14(2)23/h6,8,16-18H,1,7,9-13H2,2-5H3,(H,24,25). The fourth-order valence-electron chi connectivity index (χ4n) is 6.19. The molecule has 0 spiro atoms. The molecule has 0 amide bonds. The van der Waals surface area contributed by atoms with Crippen molar-refractivity contribution >= 4 is 11.9 Å². The molecule has 144 valence electrons. The van der Waals surface area contributed by atoms with Crippen LogP contribution in [0.1, 0.15) is 66.2 Å². The summed E-state index contributed by atoms with van der Waals surface area (Å²) in [5.74, 6) is -0.528. The zero-order chi connectivity index (χ0) is 19.3. The van der Waals surface area contributed by atoms with Gasteiger partial charge in [0.25, 0.3) is 0 Å². The number of ether oxygens (including phenoxy) is 1. The predicted octanol–water partition coefficient (Wildman–Crippen LogP) is 4.75. The van der Waals surface area contributed by atoms with Gasteiger partial charge in [0.1, 0.15) is 6.10 Å². The molecule has 0 aromatic carbocycles. The minimum Gasteiger partial charge on any atom is -0.481 e. The van der Waals surface area contributed by atoms with Crippen LogP contribution in [0.15, 0.2) is 24.3 Å². The number of carbonyl (C=O) groups excluding carboxylic acids is 1. The highest BCUT2D eigenvalue weighted by Gasteiger charge is 2.59. The molecule has 2 saturated carbocycles. The van der Waals surface area contributed by atoms with E-state index in [1.807, 2.05) is 13.0 Å². The molecular formula is C22H32O4. The topological polar surface area (TPSA) is 63.6 Å². The Labute approximate surface area is 156 Å². The lowest BCUT2D eigenvalue weighted by Gasteiger charge is -2.59. The third kappa shape index (κ3) is 2.73. The van der Waals surface area contributed by atoms with Crippen LogP contribution in [0, 0.1) is 28.1 Å². The van der Waals surface area contributed by atoms with Crippen LogP contribution in [-0.4, -0.2) is 23.1 Å². The van der Waals surface area contributed by atoms with Gasteiger partial charge in [-0.25, -0.2) is 0 Å². The van der Waals surface area contributed by atoms with Crippen molar-refractivity contribution in [3.05, 3.63) is 24.3 Å². The third-order valence-electron chi connectivity index (χ3n) is 7.87. The normalized spacial score (nSPS) is 44.9. The molecule has 4 heteroatoms. The van der Waals surface area contributed by atoms with Crippen LogP contribution in [0.5, 0.6) is 0 Å². The fraction of sp³-hybridized carbons (Fsp3) is 0.727. The summed E-state index contributed by atoms with van der Waals surface area (Å²) in [4.78, 5) is 23.8. The van der Waals surface area contributed by atoms with Crippen molar-refractivity contribution in [1.82, 2.24) is 0 Å². The van der Waals surface area contributed by atoms with E-state index >= 15 is 0 Å². The maximum Gasteiger partial charge on any atom is 0.309 e. The van der Waals surface area contributed by atoms with Gasteiger partial charge in [-0.1, -0.05) is 38.0 Å². The van der Waals surface area contributed by atoms with Crippen LogP contribution < -0.4 is 0 Å². The molecule has 6 unspecified atom stereocenters. The molecule has 0 radical (unpaired) electrons. The van der Waals surface area contributed by atoms with Crippen molar-refractivity contribution in [1.29, 1.82) is 0 Å². The number of fused-ring (bicyclic) bond motifs is 3. The van der Waals surface area contributed by atoms with Gasteiger partial charge in [0, 0.05) is 12.3 Å². The van der Waals surface area contributed by atoms with Crippen LogP contribution in [0.4, 0.5) is 0 Å². The number of rotatable bonds is 3. The molecule has 3 aliphatic carbocycles. The minimum absolute atomic E-state index is 0.0592. The Balaban J connectivity index is 2.01. The zero-order valence-corrected chi connectivity index (χ0v) is 16.5. The van der Waals surface area contributed by atoms with Gasteiger partial charge in [-0.3, -0.25) is 9.59 Å². The van der Waals surface area contributed by atoms with Crippen molar-refractivity contribution in [3.63, 3.8) is 0 Å². The van der Waals surface area contributed by atoms with E-state index in [0.717, 1.165) is 38.5 Å². The monoisotopic (exact) mass is 360 g/mol. The van der Waals surface area contributed by atoms with E-state index in [9.17, 15) is 14.7 Å². The van der Waals surface area contributed by atoms with Gasteiger partial charge >= 0.3 is 11.9 Å². The van der Waals surface area contributed by atoms with Gasteiger partial charge in [-0.05, 0) is 56.3 Å². The largest absolute Gasteiger partial charge is 0.481 e. The lowest BCUT2D eigenvalue weighted by Crippen LogP contribution is -2.55. The number of hydrogen-bond acceptors (Lipinski definition) is 3. The number of carboxylic acids is 1. The van der Waals surface area contributed by atoms with E-state index in [1.54, 1.807) is 0 Å². The maximum atomic E-state index is 12.1. The third-order valence-corrected chi connectivity index (χ3v) is 7.87. The fourth-order valence-corrected chi connectivity index (χ4v) is 6.19. The summed E-state index contributed by atoms with van der Waals surface area (Å²) in [5.41, 5.74) is 0.410. The molecule has 2 fully saturated rings. The Kier molecular flexibility index (Phi) is 4.61. The highest BCUT2D eigenvalue weighted by molar-refractivity contribution is 5.75. The van der Waals surface area contributed by atoms with E-state index in [-0.39, 0.29) is 34.7 Å². The highest BCUT2D eigenvalue weighted by Crippen LogP contribution is 2.64. The number of hydrogen-bond donors (Lipinski definition) is 1. The Hall–Kier alpha value is -1.58. The van der Waals surface area contributed by atoms with Crippen molar-refractivity contribution in [2.24, 2.45) is 28.1 Å². The lowest BCUT2D eigenvalue weighted by molar-refractivity contribution is -0.167. The summed E-state index contributed by atoms with van der Waals surface area (Å²) in [6.45, 7) is 11.8. The molecule has 3 aliphatic rings. The molecule has 0 aromatic heterocycles. The van der Waals surface area contributed by atoms with Gasteiger partial charge in [-0.2, -0.15) is 0 Å². The van der Waals surface area contributed by atoms with Crippen LogP contribution in [0.25, 0.3) is 0 Å². The first kappa shape index (κ1) is 19.2. The number of carbonyl (C=O) groups is 2. The molecule has 4 nitrogen and oxygen atoms in total. The SMILES string of the molecule is C=CC1(C)CC2=CCC3C(C)(C(=O)O)CCCC3(C)C2CC1OC(C)=O. The Morgan fingerprint density at radius 3 is 2.58 bits per heavy atom. The van der Waals surface area contributed by atoms with E-state index in [4.69, 9.17) is 4.74 Å². The summed E-state index contributed by atoms with van der Waals surface area (Å²) in [7, 11) is 0. The van der Waals surface area contributed by atoms with Crippen LogP contribution in [-0.2, 0) is 14.3 Å². The van der Waals surface area contributed by atoms with Gasteiger partial charge in [0.05, 0.1) is 5.41 Å². The van der Waals surface area contributed by atoms with E-state index in [2.05, 4.69) is 26.5 Å². The molecule has 6 atom stereocenters. The minimum atomic E-state index is -0.675. The molecule has 0 aromatic rings. The number of allylic oxidation sites excluding steroid dienone is 2. The van der Waals surface area contributed by atoms with Crippen LogP contribution in [0.3, 0.4) is 0 Å². The summed E-state index contributed by atoms with van der Waals surface area (Å²) in [5, 5.41) is 9.94. The quantitative estimate of drug-likeness (QED) is 0.583. The van der Waals surface area contributed by atoms with E-state index in [0.29, 0.717) is 0 Å².